The van der Waals surface area contributed by atoms with Gasteiger partial charge in [-0.15, -0.1) is 12.4 Å². The molecule has 2 N–H and O–H groups in total. The van der Waals surface area contributed by atoms with Crippen LogP contribution < -0.4 is 5.73 Å². The second-order valence-corrected chi connectivity index (χ2v) is 3.97. The summed E-state index contributed by atoms with van der Waals surface area (Å²) < 4.78 is 4.76. The largest absolute Gasteiger partial charge is 0.469 e. The molecule has 1 aliphatic carbocycles. The fraction of sp³-hybridized carbons (Fsp3) is 0.417. The first kappa shape index (κ1) is 13.0. The Labute approximate surface area is 101 Å². The summed E-state index contributed by atoms with van der Waals surface area (Å²) >= 11 is 0. The van der Waals surface area contributed by atoms with Crippen LogP contribution in [0.3, 0.4) is 0 Å². The first-order chi connectivity index (χ1) is 7.22. The van der Waals surface area contributed by atoms with Crippen molar-refractivity contribution in [1.82, 2.24) is 0 Å². The highest BCUT2D eigenvalue weighted by Gasteiger charge is 2.29. The third-order valence-corrected chi connectivity index (χ3v) is 2.99. The number of carbonyl (C=O) groups is 1. The Morgan fingerprint density at radius 2 is 2.12 bits per heavy atom. The number of fused-ring (bicyclic) bond motifs is 1. The van der Waals surface area contributed by atoms with E-state index in [0.717, 1.165) is 12.0 Å². The van der Waals surface area contributed by atoms with Gasteiger partial charge in [0.15, 0.2) is 0 Å². The number of ether oxygens (including phenoxy) is 1. The number of methoxy groups -OCH3 is 1. The Morgan fingerprint density at radius 1 is 1.44 bits per heavy atom. The fourth-order valence-corrected chi connectivity index (χ4v) is 2.21. The molecule has 0 amide bonds. The maximum Gasteiger partial charge on any atom is 0.309 e. The number of rotatable bonds is 1. The molecule has 1 aliphatic rings. The van der Waals surface area contributed by atoms with Gasteiger partial charge >= 0.3 is 5.97 Å². The van der Waals surface area contributed by atoms with E-state index in [1.807, 2.05) is 24.3 Å². The van der Waals surface area contributed by atoms with Gasteiger partial charge < -0.3 is 10.5 Å². The number of nitrogens with two attached hydrogens (primary N) is 1. The molecular formula is C12H16ClNO2. The average Bonchev–Trinajstić information content (AvgIpc) is 2.28. The van der Waals surface area contributed by atoms with Gasteiger partial charge in [0.05, 0.1) is 13.0 Å². The molecule has 0 spiro atoms. The van der Waals surface area contributed by atoms with Crippen LogP contribution in [0.2, 0.25) is 0 Å². The van der Waals surface area contributed by atoms with Gasteiger partial charge in [-0.3, -0.25) is 4.79 Å². The molecule has 0 saturated heterocycles. The van der Waals surface area contributed by atoms with E-state index in [0.29, 0.717) is 6.42 Å². The van der Waals surface area contributed by atoms with Crippen molar-refractivity contribution in [2.45, 2.75) is 18.9 Å². The predicted molar refractivity (Wildman–Crippen MR) is 64.4 cm³/mol. The van der Waals surface area contributed by atoms with Gasteiger partial charge in [-0.1, -0.05) is 24.3 Å². The van der Waals surface area contributed by atoms with Gasteiger partial charge in [-0.2, -0.15) is 0 Å². The molecule has 0 radical (unpaired) electrons. The standard InChI is InChI=1S/C12H15NO2.ClH/c1-15-12(14)9-6-8-4-2-3-5-10(8)11(13)7-9;/h2-5,9,11H,6-7,13H2,1H3;1H/t9-,11-;/m1./s1. The molecule has 0 heterocycles. The molecule has 2 rings (SSSR count). The Balaban J connectivity index is 0.00000128. The van der Waals surface area contributed by atoms with E-state index in [1.54, 1.807) is 0 Å². The second-order valence-electron chi connectivity index (χ2n) is 3.97. The molecule has 16 heavy (non-hydrogen) atoms. The van der Waals surface area contributed by atoms with E-state index in [9.17, 15) is 4.79 Å². The van der Waals surface area contributed by atoms with Crippen LogP contribution in [0.15, 0.2) is 24.3 Å². The van der Waals surface area contributed by atoms with Crippen molar-refractivity contribution in [2.24, 2.45) is 11.7 Å². The monoisotopic (exact) mass is 241 g/mol. The van der Waals surface area contributed by atoms with Gasteiger partial charge in [0.1, 0.15) is 0 Å². The first-order valence-electron chi connectivity index (χ1n) is 5.13. The van der Waals surface area contributed by atoms with Crippen LogP contribution in [0.25, 0.3) is 0 Å². The fourth-order valence-electron chi connectivity index (χ4n) is 2.21. The zero-order valence-corrected chi connectivity index (χ0v) is 10.00. The lowest BCUT2D eigenvalue weighted by molar-refractivity contribution is -0.146. The lowest BCUT2D eigenvalue weighted by Gasteiger charge is -2.27. The third kappa shape index (κ3) is 2.36. The maximum absolute atomic E-state index is 11.4. The van der Waals surface area contributed by atoms with Crippen molar-refractivity contribution < 1.29 is 9.53 Å². The molecule has 0 fully saturated rings. The summed E-state index contributed by atoms with van der Waals surface area (Å²) in [6.07, 6.45) is 1.43. The molecule has 1 aromatic carbocycles. The van der Waals surface area contributed by atoms with Crippen molar-refractivity contribution in [3.8, 4) is 0 Å². The minimum atomic E-state index is -0.153. The first-order valence-corrected chi connectivity index (χ1v) is 5.13. The number of benzene rings is 1. The number of carbonyl (C=O) groups excluding carboxylic acids is 1. The molecule has 0 aliphatic heterocycles. The van der Waals surface area contributed by atoms with Crippen molar-refractivity contribution in [3.63, 3.8) is 0 Å². The van der Waals surface area contributed by atoms with Gasteiger partial charge in [0.2, 0.25) is 0 Å². The highest BCUT2D eigenvalue weighted by molar-refractivity contribution is 5.85. The summed E-state index contributed by atoms with van der Waals surface area (Å²) in [5.41, 5.74) is 8.36. The summed E-state index contributed by atoms with van der Waals surface area (Å²) in [5.74, 6) is -0.236. The summed E-state index contributed by atoms with van der Waals surface area (Å²) in [6, 6.07) is 7.99. The van der Waals surface area contributed by atoms with Crippen molar-refractivity contribution in [2.75, 3.05) is 7.11 Å². The number of hydrogen-bond acceptors (Lipinski definition) is 3. The van der Waals surface area contributed by atoms with Gasteiger partial charge in [0.25, 0.3) is 0 Å². The quantitative estimate of drug-likeness (QED) is 0.764. The number of hydrogen-bond donors (Lipinski definition) is 1. The van der Waals surface area contributed by atoms with Crippen molar-refractivity contribution >= 4 is 18.4 Å². The van der Waals surface area contributed by atoms with E-state index in [4.69, 9.17) is 10.5 Å². The van der Waals surface area contributed by atoms with Crippen LogP contribution >= 0.6 is 12.4 Å². The van der Waals surface area contributed by atoms with Gasteiger partial charge in [-0.25, -0.2) is 0 Å². The van der Waals surface area contributed by atoms with E-state index in [2.05, 4.69) is 0 Å². The zero-order valence-electron chi connectivity index (χ0n) is 9.18. The zero-order chi connectivity index (χ0) is 10.8. The molecule has 0 bridgehead atoms. The normalized spacial score (nSPS) is 22.9. The summed E-state index contributed by atoms with van der Waals surface area (Å²) in [6.45, 7) is 0. The van der Waals surface area contributed by atoms with Crippen molar-refractivity contribution in [1.29, 1.82) is 0 Å². The predicted octanol–water partition coefficient (Wildman–Crippen LogP) is 1.84. The Kier molecular flexibility index (Phi) is 4.33. The molecular weight excluding hydrogens is 226 g/mol. The van der Waals surface area contributed by atoms with Gasteiger partial charge in [-0.05, 0) is 24.0 Å². The summed E-state index contributed by atoms with van der Waals surface area (Å²) in [7, 11) is 1.42. The Bertz CT molecular complexity index is 381. The summed E-state index contributed by atoms with van der Waals surface area (Å²) in [5, 5.41) is 0. The highest BCUT2D eigenvalue weighted by Crippen LogP contribution is 2.31. The smallest absolute Gasteiger partial charge is 0.309 e. The Hall–Kier alpha value is -1.06. The molecule has 4 heteroatoms. The maximum atomic E-state index is 11.4. The minimum absolute atomic E-state index is 0. The topological polar surface area (TPSA) is 52.3 Å². The van der Waals surface area contributed by atoms with Crippen LogP contribution in [-0.2, 0) is 16.0 Å². The Morgan fingerprint density at radius 3 is 2.81 bits per heavy atom. The lowest BCUT2D eigenvalue weighted by Crippen LogP contribution is -2.29. The lowest BCUT2D eigenvalue weighted by atomic mass is 9.81. The minimum Gasteiger partial charge on any atom is -0.469 e. The third-order valence-electron chi connectivity index (χ3n) is 2.99. The highest BCUT2D eigenvalue weighted by atomic mass is 35.5. The molecule has 3 nitrogen and oxygen atoms in total. The van der Waals surface area contributed by atoms with E-state index in [-0.39, 0.29) is 30.3 Å². The summed E-state index contributed by atoms with van der Waals surface area (Å²) in [4.78, 5) is 11.4. The van der Waals surface area contributed by atoms with E-state index >= 15 is 0 Å². The van der Waals surface area contributed by atoms with E-state index in [1.165, 1.54) is 12.7 Å². The van der Waals surface area contributed by atoms with Crippen molar-refractivity contribution in [3.05, 3.63) is 35.4 Å². The number of esters is 1. The SMILES string of the molecule is COC(=O)[C@@H]1Cc2ccccc2[C@H](N)C1.Cl. The molecule has 0 aromatic heterocycles. The molecule has 0 unspecified atom stereocenters. The van der Waals surface area contributed by atoms with Crippen LogP contribution in [0.5, 0.6) is 0 Å². The molecule has 88 valence electrons. The average molecular weight is 242 g/mol. The van der Waals surface area contributed by atoms with Gasteiger partial charge in [0, 0.05) is 6.04 Å². The van der Waals surface area contributed by atoms with Crippen LogP contribution in [0.4, 0.5) is 0 Å². The van der Waals surface area contributed by atoms with Crippen LogP contribution in [0, 0.1) is 5.92 Å². The molecule has 0 saturated carbocycles. The molecule has 2 atom stereocenters. The number of halogens is 1. The molecule has 1 aromatic rings. The van der Waals surface area contributed by atoms with Crippen LogP contribution in [0.1, 0.15) is 23.6 Å². The second kappa shape index (κ2) is 5.32. The van der Waals surface area contributed by atoms with E-state index < -0.39 is 0 Å². The van der Waals surface area contributed by atoms with Crippen LogP contribution in [-0.4, -0.2) is 13.1 Å².